The molecule has 2 rings (SSSR count). The van der Waals surface area contributed by atoms with E-state index in [1.165, 1.54) is 5.56 Å². The largest absolute Gasteiger partial charge is 0.366 e. The molecule has 1 aromatic rings. The van der Waals surface area contributed by atoms with Crippen LogP contribution in [0.2, 0.25) is 0 Å². The van der Waals surface area contributed by atoms with E-state index in [4.69, 9.17) is 5.73 Å². The van der Waals surface area contributed by atoms with Crippen LogP contribution in [-0.2, 0) is 11.2 Å². The lowest BCUT2D eigenvalue weighted by molar-refractivity contribution is -0.121. The maximum Gasteiger partial charge on any atom is 0.248 e. The molecule has 1 fully saturated rings. The van der Waals surface area contributed by atoms with E-state index in [9.17, 15) is 9.59 Å². The molecule has 1 aromatic carbocycles. The van der Waals surface area contributed by atoms with Crippen LogP contribution in [0.25, 0.3) is 0 Å². The minimum absolute atomic E-state index is 0.382. The predicted molar refractivity (Wildman–Crippen MR) is 70.2 cm³/mol. The number of primary amides is 1. The van der Waals surface area contributed by atoms with Crippen LogP contribution >= 0.6 is 0 Å². The molecule has 0 atom stereocenters. The third-order valence-corrected chi connectivity index (χ3v) is 3.74. The fourth-order valence-corrected chi connectivity index (χ4v) is 2.49. The van der Waals surface area contributed by atoms with Crippen LogP contribution in [0.4, 0.5) is 0 Å². The van der Waals surface area contributed by atoms with Crippen LogP contribution in [0.5, 0.6) is 0 Å². The molecule has 1 aliphatic carbocycles. The van der Waals surface area contributed by atoms with Crippen molar-refractivity contribution in [1.82, 2.24) is 0 Å². The highest BCUT2D eigenvalue weighted by Gasteiger charge is 2.18. The summed E-state index contributed by atoms with van der Waals surface area (Å²) >= 11 is 0. The van der Waals surface area contributed by atoms with Gasteiger partial charge in [-0.05, 0) is 49.3 Å². The Morgan fingerprint density at radius 1 is 1.17 bits per heavy atom. The van der Waals surface area contributed by atoms with Gasteiger partial charge in [-0.3, -0.25) is 9.59 Å². The van der Waals surface area contributed by atoms with Crippen LogP contribution in [0.15, 0.2) is 24.3 Å². The van der Waals surface area contributed by atoms with Gasteiger partial charge in [0.15, 0.2) is 0 Å². The molecule has 0 saturated heterocycles. The molecule has 0 aliphatic heterocycles. The monoisotopic (exact) mass is 245 g/mol. The molecule has 3 heteroatoms. The number of nitrogens with two attached hydrogens (primary N) is 1. The van der Waals surface area contributed by atoms with Gasteiger partial charge in [-0.2, -0.15) is 0 Å². The number of Topliss-reactive ketones (excluding diaryl/α,β-unsaturated/α-hetero) is 1. The van der Waals surface area contributed by atoms with Gasteiger partial charge in [0.25, 0.3) is 0 Å². The van der Waals surface area contributed by atoms with Crippen molar-refractivity contribution in [2.75, 3.05) is 0 Å². The normalized spacial score (nSPS) is 16.8. The van der Waals surface area contributed by atoms with Crippen LogP contribution < -0.4 is 5.73 Å². The maximum absolute atomic E-state index is 11.1. The second-order valence-electron chi connectivity index (χ2n) is 5.08. The van der Waals surface area contributed by atoms with Crippen molar-refractivity contribution >= 4 is 11.7 Å². The van der Waals surface area contributed by atoms with Crippen molar-refractivity contribution in [1.29, 1.82) is 0 Å². The number of amides is 1. The first-order valence-corrected chi connectivity index (χ1v) is 6.55. The lowest BCUT2D eigenvalue weighted by Gasteiger charge is -2.20. The zero-order valence-corrected chi connectivity index (χ0v) is 10.5. The van der Waals surface area contributed by atoms with Gasteiger partial charge < -0.3 is 5.73 Å². The van der Waals surface area contributed by atoms with E-state index < -0.39 is 0 Å². The number of ketones is 1. The van der Waals surface area contributed by atoms with Crippen LogP contribution in [0.1, 0.15) is 48.0 Å². The lowest BCUT2D eigenvalue weighted by atomic mass is 9.84. The molecular formula is C15H19NO2. The molecule has 1 aliphatic rings. The topological polar surface area (TPSA) is 60.2 Å². The summed E-state index contributed by atoms with van der Waals surface area (Å²) in [6, 6.07) is 7.49. The third-order valence-electron chi connectivity index (χ3n) is 3.74. The van der Waals surface area contributed by atoms with Crippen molar-refractivity contribution in [2.24, 2.45) is 11.7 Å². The molecule has 96 valence electrons. The maximum atomic E-state index is 11.1. The van der Waals surface area contributed by atoms with Gasteiger partial charge in [-0.1, -0.05) is 12.1 Å². The predicted octanol–water partition coefficient (Wildman–Crippen LogP) is 2.48. The summed E-state index contributed by atoms with van der Waals surface area (Å²) in [5.74, 6) is 0.711. The Labute approximate surface area is 107 Å². The van der Waals surface area contributed by atoms with E-state index in [2.05, 4.69) is 0 Å². The van der Waals surface area contributed by atoms with Crippen molar-refractivity contribution in [3.05, 3.63) is 35.4 Å². The molecular weight excluding hydrogens is 226 g/mol. The van der Waals surface area contributed by atoms with Gasteiger partial charge in [-0.25, -0.2) is 0 Å². The van der Waals surface area contributed by atoms with E-state index >= 15 is 0 Å². The fraction of sp³-hybridized carbons (Fsp3) is 0.467. The summed E-state index contributed by atoms with van der Waals surface area (Å²) in [4.78, 5) is 22.1. The van der Waals surface area contributed by atoms with E-state index in [0.717, 1.165) is 38.5 Å². The summed E-state index contributed by atoms with van der Waals surface area (Å²) < 4.78 is 0. The van der Waals surface area contributed by atoms with Crippen molar-refractivity contribution in [3.8, 4) is 0 Å². The summed E-state index contributed by atoms with van der Waals surface area (Å²) in [5, 5.41) is 0. The molecule has 0 unspecified atom stereocenters. The van der Waals surface area contributed by atoms with Gasteiger partial charge in [0, 0.05) is 18.4 Å². The van der Waals surface area contributed by atoms with Gasteiger partial charge in [-0.15, -0.1) is 0 Å². The average Bonchev–Trinajstić information content (AvgIpc) is 2.38. The van der Waals surface area contributed by atoms with Crippen molar-refractivity contribution < 1.29 is 9.59 Å². The van der Waals surface area contributed by atoms with Crippen LogP contribution in [-0.4, -0.2) is 11.7 Å². The van der Waals surface area contributed by atoms with Crippen LogP contribution in [0, 0.1) is 5.92 Å². The molecule has 0 spiro atoms. The Bertz CT molecular complexity index is 426. The summed E-state index contributed by atoms with van der Waals surface area (Å²) in [7, 11) is 0. The molecule has 18 heavy (non-hydrogen) atoms. The SMILES string of the molecule is NC(=O)c1ccc(CCC2CCC(=O)CC2)cc1. The highest BCUT2D eigenvalue weighted by molar-refractivity contribution is 5.92. The zero-order valence-electron chi connectivity index (χ0n) is 10.5. The van der Waals surface area contributed by atoms with Gasteiger partial charge in [0.1, 0.15) is 5.78 Å². The Morgan fingerprint density at radius 3 is 2.33 bits per heavy atom. The molecule has 2 N–H and O–H groups in total. The molecule has 1 amide bonds. The van der Waals surface area contributed by atoms with Gasteiger partial charge in [0.2, 0.25) is 5.91 Å². The number of aryl methyl sites for hydroxylation is 1. The lowest BCUT2D eigenvalue weighted by Crippen LogP contribution is -2.14. The third kappa shape index (κ3) is 3.42. The van der Waals surface area contributed by atoms with Crippen molar-refractivity contribution in [2.45, 2.75) is 38.5 Å². The minimum Gasteiger partial charge on any atom is -0.366 e. The first-order valence-electron chi connectivity index (χ1n) is 6.55. The van der Waals surface area contributed by atoms with Crippen molar-refractivity contribution in [3.63, 3.8) is 0 Å². The number of benzene rings is 1. The Balaban J connectivity index is 1.83. The quantitative estimate of drug-likeness (QED) is 0.885. The number of carbonyl (C=O) groups excluding carboxylic acids is 2. The first-order chi connectivity index (χ1) is 8.65. The number of carbonyl (C=O) groups is 2. The standard InChI is InChI=1S/C15H19NO2/c16-15(18)13-7-3-11(4-8-13)1-2-12-5-9-14(17)10-6-12/h3-4,7-8,12H,1-2,5-6,9-10H2,(H2,16,18). The second kappa shape index (κ2) is 5.80. The van der Waals surface area contributed by atoms with Gasteiger partial charge in [0.05, 0.1) is 0 Å². The molecule has 0 heterocycles. The molecule has 0 bridgehead atoms. The highest BCUT2D eigenvalue weighted by atomic mass is 16.1. The van der Waals surface area contributed by atoms with E-state index in [-0.39, 0.29) is 5.91 Å². The number of hydrogen-bond donors (Lipinski definition) is 1. The molecule has 3 nitrogen and oxygen atoms in total. The van der Waals surface area contributed by atoms with E-state index in [0.29, 0.717) is 17.3 Å². The Morgan fingerprint density at radius 2 is 1.78 bits per heavy atom. The Hall–Kier alpha value is -1.64. The highest BCUT2D eigenvalue weighted by Crippen LogP contribution is 2.25. The smallest absolute Gasteiger partial charge is 0.248 e. The molecule has 0 radical (unpaired) electrons. The molecule has 0 aromatic heterocycles. The summed E-state index contributed by atoms with van der Waals surface area (Å²) in [5.41, 5.74) is 6.99. The average molecular weight is 245 g/mol. The summed E-state index contributed by atoms with van der Waals surface area (Å²) in [6.45, 7) is 0. The number of hydrogen-bond acceptors (Lipinski definition) is 2. The van der Waals surface area contributed by atoms with E-state index in [1.807, 2.05) is 12.1 Å². The van der Waals surface area contributed by atoms with Gasteiger partial charge >= 0.3 is 0 Å². The fourth-order valence-electron chi connectivity index (χ4n) is 2.49. The Kier molecular flexibility index (Phi) is 4.13. The van der Waals surface area contributed by atoms with E-state index in [1.54, 1.807) is 12.1 Å². The number of rotatable bonds is 4. The zero-order chi connectivity index (χ0) is 13.0. The second-order valence-corrected chi connectivity index (χ2v) is 5.08. The summed E-state index contributed by atoms with van der Waals surface area (Å²) in [6.07, 6.45) is 5.73. The first kappa shape index (κ1) is 12.8. The minimum atomic E-state index is -0.382. The van der Waals surface area contributed by atoms with Crippen LogP contribution in [0.3, 0.4) is 0 Å². The molecule has 1 saturated carbocycles.